The maximum absolute atomic E-state index is 12.6. The van der Waals surface area contributed by atoms with Gasteiger partial charge in [0.1, 0.15) is 0 Å². The summed E-state index contributed by atoms with van der Waals surface area (Å²) in [6.45, 7) is 1.97. The average molecular weight is 330 g/mol. The summed E-state index contributed by atoms with van der Waals surface area (Å²) in [5.41, 5.74) is 8.96. The Balaban J connectivity index is 2.39. The van der Waals surface area contributed by atoms with Gasteiger partial charge in [-0.2, -0.15) is 0 Å². The van der Waals surface area contributed by atoms with Crippen molar-refractivity contribution in [1.29, 1.82) is 0 Å². The Kier molecular flexibility index (Phi) is 2.98. The number of rotatable bonds is 1. The summed E-state index contributed by atoms with van der Waals surface area (Å²) in [5.74, 6) is -0.333. The standard InChI is InChI=1S/C16H12BrNO2/c1-2-8-7-11(17)12-13(14(8)18)16(20)10-6-4-3-5-9(10)15(12)19/h3-7H,2,18H2,1H3. The van der Waals surface area contributed by atoms with Crippen LogP contribution in [0.25, 0.3) is 0 Å². The minimum absolute atomic E-state index is 0.156. The molecule has 0 spiro atoms. The van der Waals surface area contributed by atoms with Gasteiger partial charge < -0.3 is 5.73 Å². The van der Waals surface area contributed by atoms with Crippen LogP contribution in [0.1, 0.15) is 44.3 Å². The molecule has 2 N–H and O–H groups in total. The molecule has 100 valence electrons. The number of carbonyl (C=O) groups excluding carboxylic acids is 2. The summed E-state index contributed by atoms with van der Waals surface area (Å²) in [4.78, 5) is 25.2. The molecule has 0 saturated carbocycles. The molecule has 3 nitrogen and oxygen atoms in total. The van der Waals surface area contributed by atoms with Crippen LogP contribution in [0.15, 0.2) is 34.8 Å². The molecule has 0 radical (unpaired) electrons. The first-order chi connectivity index (χ1) is 9.56. The zero-order valence-electron chi connectivity index (χ0n) is 10.9. The smallest absolute Gasteiger partial charge is 0.196 e. The first-order valence-electron chi connectivity index (χ1n) is 6.35. The van der Waals surface area contributed by atoms with Crippen molar-refractivity contribution in [3.63, 3.8) is 0 Å². The van der Waals surface area contributed by atoms with E-state index >= 15 is 0 Å². The van der Waals surface area contributed by atoms with Gasteiger partial charge in [-0.05, 0) is 34.0 Å². The van der Waals surface area contributed by atoms with Gasteiger partial charge in [0.2, 0.25) is 0 Å². The van der Waals surface area contributed by atoms with Gasteiger partial charge in [0.25, 0.3) is 0 Å². The molecule has 0 amide bonds. The van der Waals surface area contributed by atoms with E-state index in [1.54, 1.807) is 24.3 Å². The maximum atomic E-state index is 12.6. The van der Waals surface area contributed by atoms with Crippen molar-refractivity contribution in [3.8, 4) is 0 Å². The molecule has 20 heavy (non-hydrogen) atoms. The summed E-state index contributed by atoms with van der Waals surface area (Å²) in [6.07, 6.45) is 0.709. The minimum Gasteiger partial charge on any atom is -0.398 e. The van der Waals surface area contributed by atoms with E-state index in [0.29, 0.717) is 38.8 Å². The van der Waals surface area contributed by atoms with Crippen molar-refractivity contribution < 1.29 is 9.59 Å². The number of aryl methyl sites for hydroxylation is 1. The van der Waals surface area contributed by atoms with Crippen molar-refractivity contribution in [2.24, 2.45) is 0 Å². The second-order valence-electron chi connectivity index (χ2n) is 4.74. The van der Waals surface area contributed by atoms with Crippen LogP contribution in [0.4, 0.5) is 5.69 Å². The van der Waals surface area contributed by atoms with E-state index in [2.05, 4.69) is 15.9 Å². The van der Waals surface area contributed by atoms with Gasteiger partial charge in [-0.3, -0.25) is 9.59 Å². The molecule has 0 saturated heterocycles. The van der Waals surface area contributed by atoms with Crippen LogP contribution in [-0.4, -0.2) is 11.6 Å². The SMILES string of the molecule is CCc1cc(Br)c2c(c1N)C(=O)c1ccccc1C2=O. The minimum atomic E-state index is -0.177. The highest BCUT2D eigenvalue weighted by atomic mass is 79.9. The fraction of sp³-hybridized carbons (Fsp3) is 0.125. The quantitative estimate of drug-likeness (QED) is 0.696. The van der Waals surface area contributed by atoms with Crippen LogP contribution < -0.4 is 5.73 Å². The van der Waals surface area contributed by atoms with Crippen molar-refractivity contribution in [3.05, 3.63) is 62.6 Å². The lowest BCUT2D eigenvalue weighted by atomic mass is 9.82. The van der Waals surface area contributed by atoms with Gasteiger partial charge in [0, 0.05) is 21.3 Å². The molecular formula is C16H12BrNO2. The van der Waals surface area contributed by atoms with E-state index in [0.717, 1.165) is 5.56 Å². The highest BCUT2D eigenvalue weighted by molar-refractivity contribution is 9.10. The molecule has 0 fully saturated rings. The number of nitrogen functional groups attached to an aromatic ring is 1. The molecule has 0 aliphatic heterocycles. The number of hydrogen-bond donors (Lipinski definition) is 1. The molecule has 0 aromatic heterocycles. The molecule has 0 bridgehead atoms. The van der Waals surface area contributed by atoms with Gasteiger partial charge in [-0.25, -0.2) is 0 Å². The molecule has 0 unspecified atom stereocenters. The molecule has 1 aliphatic carbocycles. The fourth-order valence-corrected chi connectivity index (χ4v) is 3.27. The predicted molar refractivity (Wildman–Crippen MR) is 81.2 cm³/mol. The van der Waals surface area contributed by atoms with Gasteiger partial charge in [0.15, 0.2) is 11.6 Å². The van der Waals surface area contributed by atoms with Crippen molar-refractivity contribution >= 4 is 33.2 Å². The van der Waals surface area contributed by atoms with Gasteiger partial charge in [0.05, 0.1) is 11.1 Å². The Morgan fingerprint density at radius 1 is 1.05 bits per heavy atom. The lowest BCUT2D eigenvalue weighted by Crippen LogP contribution is -2.23. The third-order valence-corrected chi connectivity index (χ3v) is 4.28. The summed E-state index contributed by atoms with van der Waals surface area (Å²) >= 11 is 3.40. The highest BCUT2D eigenvalue weighted by Crippen LogP contribution is 2.37. The lowest BCUT2D eigenvalue weighted by Gasteiger charge is -2.21. The summed E-state index contributed by atoms with van der Waals surface area (Å²) < 4.78 is 0.631. The van der Waals surface area contributed by atoms with Crippen LogP contribution >= 0.6 is 15.9 Å². The first kappa shape index (κ1) is 13.1. The summed E-state index contributed by atoms with van der Waals surface area (Å²) in [6, 6.07) is 8.68. The van der Waals surface area contributed by atoms with Crippen molar-refractivity contribution in [2.45, 2.75) is 13.3 Å². The second kappa shape index (κ2) is 4.56. The Morgan fingerprint density at radius 3 is 2.15 bits per heavy atom. The molecule has 2 aromatic rings. The van der Waals surface area contributed by atoms with Crippen LogP contribution in [-0.2, 0) is 6.42 Å². The molecule has 3 rings (SSSR count). The number of nitrogens with two attached hydrogens (primary N) is 1. The van der Waals surface area contributed by atoms with E-state index < -0.39 is 0 Å². The molecule has 1 aliphatic rings. The Hall–Kier alpha value is -1.94. The van der Waals surface area contributed by atoms with Gasteiger partial charge in [-0.15, -0.1) is 0 Å². The second-order valence-corrected chi connectivity index (χ2v) is 5.59. The lowest BCUT2D eigenvalue weighted by molar-refractivity contribution is 0.0979. The molecule has 0 heterocycles. The third-order valence-electron chi connectivity index (χ3n) is 3.66. The van der Waals surface area contributed by atoms with Crippen LogP contribution in [0.5, 0.6) is 0 Å². The van der Waals surface area contributed by atoms with Crippen LogP contribution in [0.2, 0.25) is 0 Å². The van der Waals surface area contributed by atoms with E-state index in [4.69, 9.17) is 5.73 Å². The van der Waals surface area contributed by atoms with Crippen LogP contribution in [0.3, 0.4) is 0 Å². The molecule has 4 heteroatoms. The number of hydrogen-bond acceptors (Lipinski definition) is 3. The monoisotopic (exact) mass is 329 g/mol. The molecule has 2 aromatic carbocycles. The largest absolute Gasteiger partial charge is 0.398 e. The normalized spacial score (nSPS) is 13.1. The topological polar surface area (TPSA) is 60.2 Å². The Morgan fingerprint density at radius 2 is 1.60 bits per heavy atom. The molecule has 0 atom stereocenters. The zero-order chi connectivity index (χ0) is 14.4. The van der Waals surface area contributed by atoms with Crippen molar-refractivity contribution in [2.75, 3.05) is 5.73 Å². The number of ketones is 2. The molecular weight excluding hydrogens is 318 g/mol. The summed E-state index contributed by atoms with van der Waals surface area (Å²) in [5, 5.41) is 0. The van der Waals surface area contributed by atoms with Gasteiger partial charge >= 0.3 is 0 Å². The number of carbonyl (C=O) groups is 2. The van der Waals surface area contributed by atoms with Gasteiger partial charge in [-0.1, -0.05) is 31.2 Å². The summed E-state index contributed by atoms with van der Waals surface area (Å²) in [7, 11) is 0. The number of anilines is 1. The maximum Gasteiger partial charge on any atom is 0.196 e. The first-order valence-corrected chi connectivity index (χ1v) is 7.14. The average Bonchev–Trinajstić information content (AvgIpc) is 2.46. The zero-order valence-corrected chi connectivity index (χ0v) is 12.5. The Labute approximate surface area is 124 Å². The highest BCUT2D eigenvalue weighted by Gasteiger charge is 2.33. The van der Waals surface area contributed by atoms with E-state index in [-0.39, 0.29) is 11.6 Å². The third kappa shape index (κ3) is 1.64. The Bertz CT molecular complexity index is 765. The van der Waals surface area contributed by atoms with E-state index in [9.17, 15) is 9.59 Å². The van der Waals surface area contributed by atoms with Crippen molar-refractivity contribution in [1.82, 2.24) is 0 Å². The van der Waals surface area contributed by atoms with E-state index in [1.807, 2.05) is 13.0 Å². The number of halogens is 1. The fourth-order valence-electron chi connectivity index (χ4n) is 2.62. The van der Waals surface area contributed by atoms with Crippen LogP contribution in [0, 0.1) is 0 Å². The van der Waals surface area contributed by atoms with E-state index in [1.165, 1.54) is 0 Å². The number of benzene rings is 2. The number of fused-ring (bicyclic) bond motifs is 2. The predicted octanol–water partition coefficient (Wildman–Crippen LogP) is 3.37.